The van der Waals surface area contributed by atoms with Gasteiger partial charge in [-0.3, -0.25) is 4.98 Å². The maximum atomic E-state index is 4.00. The summed E-state index contributed by atoms with van der Waals surface area (Å²) in [7, 11) is 0. The van der Waals surface area contributed by atoms with Crippen LogP contribution in [0.3, 0.4) is 0 Å². The summed E-state index contributed by atoms with van der Waals surface area (Å²) in [5, 5.41) is 0. The van der Waals surface area contributed by atoms with E-state index >= 15 is 0 Å². The van der Waals surface area contributed by atoms with Crippen LogP contribution in [-0.4, -0.2) is 4.98 Å². The monoisotopic (exact) mass is 201 g/mol. The van der Waals surface area contributed by atoms with Gasteiger partial charge in [-0.05, 0) is 18.1 Å². The highest BCUT2D eigenvalue weighted by Crippen LogP contribution is 1.98. The molecule has 0 radical (unpaired) electrons. The van der Waals surface area contributed by atoms with Gasteiger partial charge in [0.1, 0.15) is 0 Å². The summed E-state index contributed by atoms with van der Waals surface area (Å²) in [6, 6.07) is 4.08. The second kappa shape index (κ2) is 5.42. The van der Waals surface area contributed by atoms with Crippen molar-refractivity contribution in [2.75, 3.05) is 0 Å². The second-order valence-corrected chi connectivity index (χ2v) is 2.11. The van der Waals surface area contributed by atoms with E-state index in [1.165, 1.54) is 12.0 Å². The van der Waals surface area contributed by atoms with Crippen molar-refractivity contribution >= 4 is 17.0 Å². The Bertz CT molecular complexity index is 162. The van der Waals surface area contributed by atoms with Crippen molar-refractivity contribution in [3.8, 4) is 0 Å². The van der Waals surface area contributed by atoms with Crippen LogP contribution in [0.4, 0.5) is 0 Å². The molecule has 0 N–H and O–H groups in total. The molecule has 1 rings (SSSR count). The smallest absolute Gasteiger partial charge is 0.0299 e. The van der Waals surface area contributed by atoms with Crippen LogP contribution in [0.25, 0.3) is 0 Å². The number of aryl methyl sites for hydroxylation is 1. The molecular weight excluding hydrogens is 190 g/mol. The first-order chi connectivity index (χ1) is 4.43. The zero-order valence-electron chi connectivity index (χ0n) is 6.08. The van der Waals surface area contributed by atoms with Gasteiger partial charge in [-0.1, -0.05) is 19.4 Å². The van der Waals surface area contributed by atoms with E-state index in [0.717, 1.165) is 6.42 Å². The van der Waals surface area contributed by atoms with Gasteiger partial charge in [0.05, 0.1) is 0 Å². The zero-order valence-corrected chi connectivity index (χ0v) is 7.79. The molecule has 1 aromatic heterocycles. The van der Waals surface area contributed by atoms with Gasteiger partial charge < -0.3 is 0 Å². The molecule has 1 aromatic rings. The number of hydrogen-bond acceptors (Lipinski definition) is 1. The van der Waals surface area contributed by atoms with Crippen molar-refractivity contribution in [1.29, 1.82) is 0 Å². The lowest BCUT2D eigenvalue weighted by atomic mass is 10.2. The Labute approximate surface area is 72.3 Å². The number of nitrogens with zero attached hydrogens (tertiary/aromatic N) is 1. The van der Waals surface area contributed by atoms with E-state index in [-0.39, 0.29) is 17.0 Å². The largest absolute Gasteiger partial charge is 0.264 e. The minimum Gasteiger partial charge on any atom is -0.264 e. The highest BCUT2D eigenvalue weighted by atomic mass is 79.9. The molecule has 0 amide bonds. The molecule has 0 aromatic carbocycles. The molecule has 0 aliphatic heterocycles. The molecule has 0 spiro atoms. The van der Waals surface area contributed by atoms with E-state index in [2.05, 4.69) is 18.0 Å². The van der Waals surface area contributed by atoms with E-state index in [1.54, 1.807) is 6.20 Å². The van der Waals surface area contributed by atoms with Gasteiger partial charge in [-0.2, -0.15) is 0 Å². The predicted molar refractivity (Wildman–Crippen MR) is 48.6 cm³/mol. The molecule has 0 unspecified atom stereocenters. The molecule has 0 atom stereocenters. The Hall–Kier alpha value is -0.370. The standard InChI is InChI=1S/C8H11N.BrH/c1-2-4-8-5-3-6-9-7-8;/h3,5-7H,2,4H2,1H3;1H. The fourth-order valence-electron chi connectivity index (χ4n) is 0.835. The van der Waals surface area contributed by atoms with Crippen LogP contribution in [0.2, 0.25) is 0 Å². The normalized spacial score (nSPS) is 8.50. The van der Waals surface area contributed by atoms with Gasteiger partial charge in [0, 0.05) is 12.4 Å². The van der Waals surface area contributed by atoms with E-state index < -0.39 is 0 Å². The van der Waals surface area contributed by atoms with Crippen LogP contribution < -0.4 is 0 Å². The average Bonchev–Trinajstić information content (AvgIpc) is 1.91. The first kappa shape index (κ1) is 9.63. The van der Waals surface area contributed by atoms with Crippen LogP contribution in [0, 0.1) is 0 Å². The fraction of sp³-hybridized carbons (Fsp3) is 0.375. The Kier molecular flexibility index (Phi) is 5.22. The minimum absolute atomic E-state index is 0. The fourth-order valence-corrected chi connectivity index (χ4v) is 0.835. The highest BCUT2D eigenvalue weighted by molar-refractivity contribution is 8.93. The molecule has 0 bridgehead atoms. The van der Waals surface area contributed by atoms with Crippen molar-refractivity contribution in [3.63, 3.8) is 0 Å². The summed E-state index contributed by atoms with van der Waals surface area (Å²) in [6.07, 6.45) is 6.07. The molecular formula is C8H12BrN. The van der Waals surface area contributed by atoms with Crippen LogP contribution in [-0.2, 0) is 6.42 Å². The van der Waals surface area contributed by atoms with Crippen LogP contribution in [0.5, 0.6) is 0 Å². The molecule has 0 fully saturated rings. The first-order valence-corrected chi connectivity index (χ1v) is 3.32. The minimum atomic E-state index is 0. The summed E-state index contributed by atoms with van der Waals surface area (Å²) in [5.41, 5.74) is 1.33. The van der Waals surface area contributed by atoms with Gasteiger partial charge in [0.2, 0.25) is 0 Å². The molecule has 1 nitrogen and oxygen atoms in total. The average molecular weight is 202 g/mol. The molecule has 2 heteroatoms. The maximum absolute atomic E-state index is 4.00. The SMILES string of the molecule is Br.CCCc1cccnc1. The van der Waals surface area contributed by atoms with E-state index in [0.29, 0.717) is 0 Å². The summed E-state index contributed by atoms with van der Waals surface area (Å²) in [6.45, 7) is 2.17. The second-order valence-electron chi connectivity index (χ2n) is 2.11. The number of aromatic nitrogens is 1. The van der Waals surface area contributed by atoms with Crippen molar-refractivity contribution in [2.24, 2.45) is 0 Å². The third kappa shape index (κ3) is 2.97. The molecule has 0 saturated carbocycles. The van der Waals surface area contributed by atoms with Crippen molar-refractivity contribution in [3.05, 3.63) is 30.1 Å². The predicted octanol–water partition coefficient (Wildman–Crippen LogP) is 2.61. The molecule has 10 heavy (non-hydrogen) atoms. The quantitative estimate of drug-likeness (QED) is 0.718. The van der Waals surface area contributed by atoms with Crippen molar-refractivity contribution in [2.45, 2.75) is 19.8 Å². The van der Waals surface area contributed by atoms with Gasteiger partial charge in [-0.25, -0.2) is 0 Å². The van der Waals surface area contributed by atoms with Gasteiger partial charge in [0.15, 0.2) is 0 Å². The van der Waals surface area contributed by atoms with E-state index in [1.807, 2.05) is 12.3 Å². The molecule has 0 aliphatic rings. The van der Waals surface area contributed by atoms with Crippen molar-refractivity contribution in [1.82, 2.24) is 4.98 Å². The summed E-state index contributed by atoms with van der Waals surface area (Å²) in [5.74, 6) is 0. The maximum Gasteiger partial charge on any atom is 0.0299 e. The van der Waals surface area contributed by atoms with E-state index in [4.69, 9.17) is 0 Å². The third-order valence-electron chi connectivity index (χ3n) is 1.26. The number of hydrogen-bond donors (Lipinski definition) is 0. The Morgan fingerprint density at radius 3 is 2.80 bits per heavy atom. The number of rotatable bonds is 2. The topological polar surface area (TPSA) is 12.9 Å². The van der Waals surface area contributed by atoms with Crippen molar-refractivity contribution < 1.29 is 0 Å². The zero-order chi connectivity index (χ0) is 6.53. The molecule has 0 aliphatic carbocycles. The first-order valence-electron chi connectivity index (χ1n) is 3.32. The van der Waals surface area contributed by atoms with Crippen LogP contribution in [0.15, 0.2) is 24.5 Å². The lowest BCUT2D eigenvalue weighted by Crippen LogP contribution is -1.81. The van der Waals surface area contributed by atoms with Crippen LogP contribution >= 0.6 is 17.0 Å². The third-order valence-corrected chi connectivity index (χ3v) is 1.26. The van der Waals surface area contributed by atoms with E-state index in [9.17, 15) is 0 Å². The van der Waals surface area contributed by atoms with Crippen LogP contribution in [0.1, 0.15) is 18.9 Å². The lowest BCUT2D eigenvalue weighted by molar-refractivity contribution is 0.914. The number of pyridine rings is 1. The Morgan fingerprint density at radius 2 is 2.30 bits per heavy atom. The lowest BCUT2D eigenvalue weighted by Gasteiger charge is -1.92. The summed E-state index contributed by atoms with van der Waals surface area (Å²) >= 11 is 0. The van der Waals surface area contributed by atoms with Gasteiger partial charge in [-0.15, -0.1) is 17.0 Å². The summed E-state index contributed by atoms with van der Waals surface area (Å²) < 4.78 is 0. The summed E-state index contributed by atoms with van der Waals surface area (Å²) in [4.78, 5) is 4.00. The Balaban J connectivity index is 0.000000810. The number of halogens is 1. The Morgan fingerprint density at radius 1 is 1.50 bits per heavy atom. The highest BCUT2D eigenvalue weighted by Gasteiger charge is 1.85. The van der Waals surface area contributed by atoms with Gasteiger partial charge in [0.25, 0.3) is 0 Å². The molecule has 56 valence electrons. The van der Waals surface area contributed by atoms with Gasteiger partial charge >= 0.3 is 0 Å². The molecule has 0 saturated heterocycles. The molecule has 1 heterocycles.